The van der Waals surface area contributed by atoms with Gasteiger partial charge in [-0.05, 0) is 47.6 Å². The molecular formula is C22H21ClO4S. The molecule has 1 aliphatic carbocycles. The quantitative estimate of drug-likeness (QED) is 0.606. The van der Waals surface area contributed by atoms with Crippen LogP contribution in [0, 0.1) is 0 Å². The highest BCUT2D eigenvalue weighted by Crippen LogP contribution is 2.52. The van der Waals surface area contributed by atoms with Gasteiger partial charge in [-0.1, -0.05) is 41.9 Å². The van der Waals surface area contributed by atoms with Gasteiger partial charge in [0.1, 0.15) is 24.4 Å². The van der Waals surface area contributed by atoms with Crippen molar-refractivity contribution in [3.8, 4) is 0 Å². The number of aliphatic hydroxyl groups excluding tert-OH is 3. The van der Waals surface area contributed by atoms with Crippen LogP contribution in [0.25, 0.3) is 10.1 Å². The number of hydrogen-bond acceptors (Lipinski definition) is 5. The molecule has 3 N–H and O–H groups in total. The summed E-state index contributed by atoms with van der Waals surface area (Å²) in [6, 6.07) is 16.0. The van der Waals surface area contributed by atoms with Crippen molar-refractivity contribution in [3.63, 3.8) is 0 Å². The van der Waals surface area contributed by atoms with Gasteiger partial charge in [0.25, 0.3) is 0 Å². The molecule has 2 aliphatic rings. The molecule has 1 aromatic heterocycles. The minimum absolute atomic E-state index is 0.660. The van der Waals surface area contributed by atoms with E-state index in [1.165, 1.54) is 15.0 Å². The molecule has 4 nitrogen and oxygen atoms in total. The number of fused-ring (bicyclic) bond motifs is 1. The zero-order valence-electron chi connectivity index (χ0n) is 15.1. The zero-order chi connectivity index (χ0) is 19.5. The Morgan fingerprint density at radius 2 is 1.82 bits per heavy atom. The van der Waals surface area contributed by atoms with E-state index >= 15 is 0 Å². The van der Waals surface area contributed by atoms with E-state index in [0.717, 1.165) is 11.1 Å². The van der Waals surface area contributed by atoms with Gasteiger partial charge in [0.05, 0.1) is 5.60 Å². The lowest BCUT2D eigenvalue weighted by atomic mass is 9.89. The first-order valence-corrected chi connectivity index (χ1v) is 10.6. The first-order chi connectivity index (χ1) is 13.5. The van der Waals surface area contributed by atoms with E-state index in [9.17, 15) is 15.3 Å². The number of hydrogen-bond donors (Lipinski definition) is 3. The summed E-state index contributed by atoms with van der Waals surface area (Å²) in [5.41, 5.74) is 0.992. The minimum atomic E-state index is -1.22. The largest absolute Gasteiger partial charge is 0.387 e. The zero-order valence-corrected chi connectivity index (χ0v) is 16.7. The molecule has 146 valence electrons. The molecule has 6 heteroatoms. The SMILES string of the molecule is OC1C(c2ccc(Cl)c(Cc3cc4ccccc4s3)c2)OC2(CC2)C(O)C1O. The lowest BCUT2D eigenvalue weighted by Crippen LogP contribution is -2.55. The number of rotatable bonds is 3. The topological polar surface area (TPSA) is 69.9 Å². The second-order valence-electron chi connectivity index (χ2n) is 7.81. The van der Waals surface area contributed by atoms with Gasteiger partial charge in [0, 0.05) is 21.0 Å². The van der Waals surface area contributed by atoms with Crippen molar-refractivity contribution >= 4 is 33.0 Å². The summed E-state index contributed by atoms with van der Waals surface area (Å²) < 4.78 is 7.30. The summed E-state index contributed by atoms with van der Waals surface area (Å²) in [6.45, 7) is 0. The van der Waals surface area contributed by atoms with Crippen LogP contribution in [0.15, 0.2) is 48.5 Å². The van der Waals surface area contributed by atoms with E-state index in [1.807, 2.05) is 30.3 Å². The summed E-state index contributed by atoms with van der Waals surface area (Å²) in [4.78, 5) is 1.21. The molecule has 0 amide bonds. The van der Waals surface area contributed by atoms with Crippen LogP contribution < -0.4 is 0 Å². The molecule has 28 heavy (non-hydrogen) atoms. The summed E-state index contributed by atoms with van der Waals surface area (Å²) >= 11 is 8.19. The Balaban J connectivity index is 1.45. The number of thiophene rings is 1. The Morgan fingerprint density at radius 3 is 2.57 bits per heavy atom. The molecule has 0 bridgehead atoms. The van der Waals surface area contributed by atoms with Gasteiger partial charge in [-0.25, -0.2) is 0 Å². The molecule has 1 aliphatic heterocycles. The second kappa shape index (κ2) is 6.80. The monoisotopic (exact) mass is 416 g/mol. The maximum absolute atomic E-state index is 10.5. The van der Waals surface area contributed by atoms with E-state index in [0.29, 0.717) is 24.3 Å². The first kappa shape index (κ1) is 18.6. The van der Waals surface area contributed by atoms with Crippen LogP contribution >= 0.6 is 22.9 Å². The van der Waals surface area contributed by atoms with Crippen LogP contribution in [-0.2, 0) is 11.2 Å². The van der Waals surface area contributed by atoms with Crippen LogP contribution in [0.1, 0.15) is 34.9 Å². The summed E-state index contributed by atoms with van der Waals surface area (Å²) in [5, 5.41) is 32.9. The fraction of sp³-hybridized carbons (Fsp3) is 0.364. The van der Waals surface area contributed by atoms with Gasteiger partial charge in [0.15, 0.2) is 0 Å². The highest BCUT2D eigenvalue weighted by molar-refractivity contribution is 7.19. The standard InChI is InChI=1S/C22H21ClO4S/c23-16-6-5-13(20-18(24)19(25)21(26)22(27-20)7-8-22)9-14(16)11-15-10-12-3-1-2-4-17(12)28-15/h1-6,9-10,18-21,24-26H,7-8,11H2. The maximum atomic E-state index is 10.5. The Morgan fingerprint density at radius 1 is 1.04 bits per heavy atom. The van der Waals surface area contributed by atoms with Gasteiger partial charge in [-0.3, -0.25) is 0 Å². The average Bonchev–Trinajstić information content (AvgIpc) is 3.36. The van der Waals surface area contributed by atoms with Crippen molar-refractivity contribution in [2.24, 2.45) is 0 Å². The number of benzene rings is 2. The molecule has 1 saturated carbocycles. The van der Waals surface area contributed by atoms with Gasteiger partial charge in [-0.2, -0.15) is 0 Å². The normalized spacial score (nSPS) is 28.7. The summed E-state index contributed by atoms with van der Waals surface area (Å²) in [5.74, 6) is 0. The number of ether oxygens (including phenoxy) is 1. The fourth-order valence-corrected chi connectivity index (χ4v) is 5.36. The lowest BCUT2D eigenvalue weighted by molar-refractivity contribution is -0.236. The Labute approximate surface area is 172 Å². The van der Waals surface area contributed by atoms with E-state index in [1.54, 1.807) is 11.3 Å². The van der Waals surface area contributed by atoms with Crippen molar-refractivity contribution in [3.05, 3.63) is 69.6 Å². The number of halogens is 1. The van der Waals surface area contributed by atoms with E-state index < -0.39 is 30.0 Å². The summed E-state index contributed by atoms with van der Waals surface area (Å²) in [6.07, 6.45) is -2.07. The molecule has 2 aromatic carbocycles. The molecule has 4 unspecified atom stereocenters. The van der Waals surface area contributed by atoms with Crippen molar-refractivity contribution in [2.75, 3.05) is 0 Å². The van der Waals surface area contributed by atoms with Crippen LogP contribution in [-0.4, -0.2) is 39.2 Å². The maximum Gasteiger partial charge on any atom is 0.113 e. The average molecular weight is 417 g/mol. The molecule has 3 aromatic rings. The molecule has 2 heterocycles. The fourth-order valence-electron chi connectivity index (χ4n) is 4.09. The van der Waals surface area contributed by atoms with Gasteiger partial charge < -0.3 is 20.1 Å². The van der Waals surface area contributed by atoms with Crippen LogP contribution in [0.4, 0.5) is 0 Å². The van der Waals surface area contributed by atoms with E-state index in [-0.39, 0.29) is 0 Å². The van der Waals surface area contributed by atoms with Crippen molar-refractivity contribution in [1.82, 2.24) is 0 Å². The third-order valence-corrected chi connectivity index (χ3v) is 7.35. The predicted molar refractivity (Wildman–Crippen MR) is 110 cm³/mol. The summed E-state index contributed by atoms with van der Waals surface area (Å²) in [7, 11) is 0. The second-order valence-corrected chi connectivity index (χ2v) is 9.38. The third-order valence-electron chi connectivity index (χ3n) is 5.87. The highest BCUT2D eigenvalue weighted by Gasteiger charge is 2.60. The molecule has 5 rings (SSSR count). The van der Waals surface area contributed by atoms with Crippen molar-refractivity contribution in [1.29, 1.82) is 0 Å². The Hall–Kier alpha value is -1.47. The molecular weight excluding hydrogens is 396 g/mol. The van der Waals surface area contributed by atoms with Crippen molar-refractivity contribution in [2.45, 2.75) is 49.3 Å². The van der Waals surface area contributed by atoms with Crippen molar-refractivity contribution < 1.29 is 20.1 Å². The van der Waals surface area contributed by atoms with Crippen LogP contribution in [0.3, 0.4) is 0 Å². The number of aliphatic hydroxyl groups is 3. The minimum Gasteiger partial charge on any atom is -0.387 e. The molecule has 0 radical (unpaired) electrons. The van der Waals surface area contributed by atoms with E-state index in [4.69, 9.17) is 16.3 Å². The molecule has 2 fully saturated rings. The van der Waals surface area contributed by atoms with Gasteiger partial charge in [0.2, 0.25) is 0 Å². The van der Waals surface area contributed by atoms with E-state index in [2.05, 4.69) is 18.2 Å². The first-order valence-electron chi connectivity index (χ1n) is 9.45. The van der Waals surface area contributed by atoms with Crippen LogP contribution in [0.2, 0.25) is 5.02 Å². The third kappa shape index (κ3) is 3.07. The Kier molecular flexibility index (Phi) is 4.51. The molecule has 4 atom stereocenters. The Bertz CT molecular complexity index is 995. The lowest BCUT2D eigenvalue weighted by Gasteiger charge is -2.41. The van der Waals surface area contributed by atoms with Gasteiger partial charge in [-0.15, -0.1) is 11.3 Å². The van der Waals surface area contributed by atoms with Crippen LogP contribution in [0.5, 0.6) is 0 Å². The predicted octanol–water partition coefficient (Wildman–Crippen LogP) is 3.83. The molecule has 1 saturated heterocycles. The smallest absolute Gasteiger partial charge is 0.113 e. The van der Waals surface area contributed by atoms with Gasteiger partial charge >= 0.3 is 0 Å². The molecule has 1 spiro atoms. The highest BCUT2D eigenvalue weighted by atomic mass is 35.5.